The van der Waals surface area contributed by atoms with Crippen LogP contribution in [0.25, 0.3) is 0 Å². The summed E-state index contributed by atoms with van der Waals surface area (Å²) in [6.07, 6.45) is 7.51. The second-order valence-corrected chi connectivity index (χ2v) is 8.54. The van der Waals surface area contributed by atoms with Gasteiger partial charge in [0.15, 0.2) is 5.78 Å². The summed E-state index contributed by atoms with van der Waals surface area (Å²) in [5.41, 5.74) is 0.975. The Morgan fingerprint density at radius 3 is 2.50 bits per heavy atom. The van der Waals surface area contributed by atoms with Crippen LogP contribution in [0, 0.1) is 28.6 Å². The van der Waals surface area contributed by atoms with E-state index >= 15 is 0 Å². The standard InChI is InChI=1S/C19H26O3/c1-18-7-5-12(20)9-11(18)10-15(21)17-13-3-4-16(22)19(13,2)8-6-14(17)18/h10,12-14,17,20H,3-9H2,1-2H3/t12-,13+,14+,17+,18-,19-/m0/s1. The summed E-state index contributed by atoms with van der Waals surface area (Å²) in [6, 6.07) is 0. The minimum Gasteiger partial charge on any atom is -0.393 e. The van der Waals surface area contributed by atoms with Crippen LogP contribution < -0.4 is 0 Å². The molecule has 0 unspecified atom stereocenters. The lowest BCUT2D eigenvalue weighted by atomic mass is 9.48. The summed E-state index contributed by atoms with van der Waals surface area (Å²) in [7, 11) is 0. The third kappa shape index (κ3) is 1.72. The van der Waals surface area contributed by atoms with Crippen molar-refractivity contribution >= 4 is 11.6 Å². The SMILES string of the molecule is C[C@]12CC[C@H](O)CC1=CC(=O)[C@H]1[C@H]2CC[C@]2(C)C(=O)CC[C@H]12. The largest absolute Gasteiger partial charge is 0.393 e. The Hall–Kier alpha value is -0.960. The molecule has 0 amide bonds. The zero-order valence-corrected chi connectivity index (χ0v) is 13.6. The molecule has 0 spiro atoms. The smallest absolute Gasteiger partial charge is 0.159 e. The number of rotatable bonds is 0. The quantitative estimate of drug-likeness (QED) is 0.748. The third-order valence-corrected chi connectivity index (χ3v) is 7.63. The normalized spacial score (nSPS) is 51.0. The first-order valence-electron chi connectivity index (χ1n) is 8.82. The molecule has 0 saturated heterocycles. The van der Waals surface area contributed by atoms with Gasteiger partial charge in [0.1, 0.15) is 5.78 Å². The van der Waals surface area contributed by atoms with Crippen molar-refractivity contribution in [2.75, 3.05) is 0 Å². The fraction of sp³-hybridized carbons (Fsp3) is 0.789. The molecule has 0 aliphatic heterocycles. The molecule has 3 fully saturated rings. The van der Waals surface area contributed by atoms with Gasteiger partial charge in [-0.25, -0.2) is 0 Å². The van der Waals surface area contributed by atoms with E-state index in [0.717, 1.165) is 32.1 Å². The van der Waals surface area contributed by atoms with Crippen molar-refractivity contribution in [3.63, 3.8) is 0 Å². The number of carbonyl (C=O) groups excluding carboxylic acids is 2. The topological polar surface area (TPSA) is 54.4 Å². The zero-order chi connectivity index (χ0) is 15.7. The van der Waals surface area contributed by atoms with Gasteiger partial charge in [-0.3, -0.25) is 9.59 Å². The molecule has 0 heterocycles. The number of allylic oxidation sites excluding steroid dienone is 1. The molecule has 0 aromatic heterocycles. The molecule has 0 bridgehead atoms. The Morgan fingerprint density at radius 2 is 1.73 bits per heavy atom. The third-order valence-electron chi connectivity index (χ3n) is 7.63. The molecule has 3 saturated carbocycles. The second-order valence-electron chi connectivity index (χ2n) is 8.54. The van der Waals surface area contributed by atoms with E-state index in [4.69, 9.17) is 0 Å². The zero-order valence-electron chi connectivity index (χ0n) is 13.6. The Kier molecular flexibility index (Phi) is 3.01. The van der Waals surface area contributed by atoms with Gasteiger partial charge in [-0.15, -0.1) is 0 Å². The maximum atomic E-state index is 12.9. The first-order valence-corrected chi connectivity index (χ1v) is 8.82. The molecule has 4 aliphatic rings. The minimum atomic E-state index is -0.286. The number of aliphatic hydroxyl groups excluding tert-OH is 1. The number of ketones is 2. The number of fused-ring (bicyclic) bond motifs is 5. The molecule has 3 heteroatoms. The number of hydrogen-bond donors (Lipinski definition) is 1. The Balaban J connectivity index is 1.76. The van der Waals surface area contributed by atoms with Crippen LogP contribution in [0.15, 0.2) is 11.6 Å². The van der Waals surface area contributed by atoms with E-state index in [9.17, 15) is 14.7 Å². The van der Waals surface area contributed by atoms with E-state index in [1.807, 2.05) is 6.08 Å². The van der Waals surface area contributed by atoms with Crippen LogP contribution in [0.1, 0.15) is 58.8 Å². The van der Waals surface area contributed by atoms with Crippen molar-refractivity contribution in [2.45, 2.75) is 64.9 Å². The van der Waals surface area contributed by atoms with Gasteiger partial charge in [0.25, 0.3) is 0 Å². The molecule has 1 N–H and O–H groups in total. The summed E-state index contributed by atoms with van der Waals surface area (Å²) < 4.78 is 0. The summed E-state index contributed by atoms with van der Waals surface area (Å²) in [4.78, 5) is 25.2. The van der Waals surface area contributed by atoms with E-state index < -0.39 is 0 Å². The summed E-state index contributed by atoms with van der Waals surface area (Å²) in [5.74, 6) is 1.26. The molecule has 0 aromatic rings. The fourth-order valence-corrected chi connectivity index (χ4v) is 6.16. The summed E-state index contributed by atoms with van der Waals surface area (Å²) in [5, 5.41) is 9.97. The molecule has 4 aliphatic carbocycles. The maximum Gasteiger partial charge on any atom is 0.159 e. The molecular formula is C19H26O3. The van der Waals surface area contributed by atoms with Crippen molar-refractivity contribution in [3.05, 3.63) is 11.6 Å². The van der Waals surface area contributed by atoms with Crippen molar-refractivity contribution in [1.29, 1.82) is 0 Å². The van der Waals surface area contributed by atoms with Crippen LogP contribution in [0.2, 0.25) is 0 Å². The van der Waals surface area contributed by atoms with Gasteiger partial charge in [-0.1, -0.05) is 19.4 Å². The second kappa shape index (κ2) is 4.53. The van der Waals surface area contributed by atoms with Crippen molar-refractivity contribution in [1.82, 2.24) is 0 Å². The lowest BCUT2D eigenvalue weighted by Gasteiger charge is -2.55. The number of Topliss-reactive ketones (excluding diaryl/α,β-unsaturated/α-hetero) is 1. The molecular weight excluding hydrogens is 276 g/mol. The molecule has 6 atom stereocenters. The Morgan fingerprint density at radius 1 is 1.05 bits per heavy atom. The van der Waals surface area contributed by atoms with Crippen molar-refractivity contribution in [2.24, 2.45) is 28.6 Å². The molecule has 0 radical (unpaired) electrons. The predicted octanol–water partition coefficient (Wildman–Crippen LogP) is 3.06. The highest BCUT2D eigenvalue weighted by Crippen LogP contribution is 2.63. The van der Waals surface area contributed by atoms with Gasteiger partial charge in [-0.05, 0) is 61.9 Å². The molecule has 120 valence electrons. The van der Waals surface area contributed by atoms with E-state index in [1.54, 1.807) is 0 Å². The van der Waals surface area contributed by atoms with Crippen LogP contribution in [0.5, 0.6) is 0 Å². The van der Waals surface area contributed by atoms with Gasteiger partial charge in [0.2, 0.25) is 0 Å². The number of hydrogen-bond acceptors (Lipinski definition) is 3. The highest BCUT2D eigenvalue weighted by atomic mass is 16.3. The van der Waals surface area contributed by atoms with Gasteiger partial charge in [-0.2, -0.15) is 0 Å². The van der Waals surface area contributed by atoms with Crippen molar-refractivity contribution < 1.29 is 14.7 Å². The van der Waals surface area contributed by atoms with Gasteiger partial charge in [0.05, 0.1) is 6.10 Å². The fourth-order valence-electron chi connectivity index (χ4n) is 6.16. The maximum absolute atomic E-state index is 12.9. The molecule has 22 heavy (non-hydrogen) atoms. The highest BCUT2D eigenvalue weighted by molar-refractivity contribution is 5.96. The van der Waals surface area contributed by atoms with Gasteiger partial charge in [0, 0.05) is 17.8 Å². The van der Waals surface area contributed by atoms with Crippen LogP contribution in [0.3, 0.4) is 0 Å². The predicted molar refractivity (Wildman–Crippen MR) is 83.1 cm³/mol. The molecule has 0 aromatic carbocycles. The van der Waals surface area contributed by atoms with Crippen molar-refractivity contribution in [3.8, 4) is 0 Å². The average molecular weight is 302 g/mol. The first-order chi connectivity index (χ1) is 10.4. The van der Waals surface area contributed by atoms with Gasteiger partial charge >= 0.3 is 0 Å². The first kappa shape index (κ1) is 14.6. The van der Waals surface area contributed by atoms with Gasteiger partial charge < -0.3 is 5.11 Å². The van der Waals surface area contributed by atoms with E-state index in [-0.39, 0.29) is 34.6 Å². The summed E-state index contributed by atoms with van der Waals surface area (Å²) in [6.45, 7) is 4.40. The lowest BCUT2D eigenvalue weighted by Crippen LogP contribution is -2.53. The highest BCUT2D eigenvalue weighted by Gasteiger charge is 2.60. The molecule has 4 rings (SSSR count). The van der Waals surface area contributed by atoms with Crippen LogP contribution >= 0.6 is 0 Å². The van der Waals surface area contributed by atoms with E-state index in [2.05, 4.69) is 13.8 Å². The van der Waals surface area contributed by atoms with Crippen LogP contribution in [0.4, 0.5) is 0 Å². The van der Waals surface area contributed by atoms with E-state index in [1.165, 1.54) is 5.57 Å². The number of aliphatic hydroxyl groups is 1. The Labute approximate surface area is 132 Å². The van der Waals surface area contributed by atoms with Crippen LogP contribution in [-0.2, 0) is 9.59 Å². The molecule has 3 nitrogen and oxygen atoms in total. The Bertz CT molecular complexity index is 577. The summed E-state index contributed by atoms with van der Waals surface area (Å²) >= 11 is 0. The van der Waals surface area contributed by atoms with E-state index in [0.29, 0.717) is 24.5 Å². The monoisotopic (exact) mass is 302 g/mol. The number of carbonyl (C=O) groups is 2. The minimum absolute atomic E-state index is 0.0363. The average Bonchev–Trinajstić information content (AvgIpc) is 2.77. The van der Waals surface area contributed by atoms with Crippen LogP contribution in [-0.4, -0.2) is 22.8 Å². The lowest BCUT2D eigenvalue weighted by molar-refractivity contribution is -0.139.